The van der Waals surface area contributed by atoms with Crippen molar-refractivity contribution in [2.75, 3.05) is 26.0 Å². The third kappa shape index (κ3) is 6.43. The van der Waals surface area contributed by atoms with E-state index >= 15 is 0 Å². The molecule has 7 heteroatoms. The van der Waals surface area contributed by atoms with Gasteiger partial charge in [-0.1, -0.05) is 54.2 Å². The van der Waals surface area contributed by atoms with E-state index in [-0.39, 0.29) is 5.91 Å². The maximum Gasteiger partial charge on any atom is 0.230 e. The Balaban J connectivity index is 1.72. The van der Waals surface area contributed by atoms with Gasteiger partial charge < -0.3 is 10.1 Å². The van der Waals surface area contributed by atoms with Gasteiger partial charge in [-0.3, -0.25) is 9.36 Å². The summed E-state index contributed by atoms with van der Waals surface area (Å²) in [4.78, 5) is 12.2. The maximum atomic E-state index is 12.2. The molecule has 0 saturated heterocycles. The summed E-state index contributed by atoms with van der Waals surface area (Å²) in [6, 6.07) is 18.6. The molecule has 0 aliphatic carbocycles. The van der Waals surface area contributed by atoms with Crippen LogP contribution in [0.3, 0.4) is 0 Å². The second-order valence-corrected chi connectivity index (χ2v) is 7.99. The van der Waals surface area contributed by atoms with Crippen LogP contribution in [0.1, 0.15) is 23.4 Å². The number of hydrogen-bond acceptors (Lipinski definition) is 5. The summed E-state index contributed by atoms with van der Waals surface area (Å²) in [5.74, 6) is 1.18. The van der Waals surface area contributed by atoms with E-state index in [0.717, 1.165) is 35.9 Å². The van der Waals surface area contributed by atoms with E-state index in [2.05, 4.69) is 57.3 Å². The summed E-state index contributed by atoms with van der Waals surface area (Å²) in [6.45, 7) is 3.32. The SMILES string of the molecule is COCCCNC(=O)CSc1nnc(CCc2ccccc2)n1-c1cccc(C)c1. The molecule has 1 heterocycles. The highest BCUT2D eigenvalue weighted by Crippen LogP contribution is 2.23. The van der Waals surface area contributed by atoms with Gasteiger partial charge in [0.2, 0.25) is 5.91 Å². The van der Waals surface area contributed by atoms with Gasteiger partial charge in [0.25, 0.3) is 0 Å². The van der Waals surface area contributed by atoms with Crippen LogP contribution in [-0.2, 0) is 22.4 Å². The molecular weight excluding hydrogens is 396 g/mol. The Morgan fingerprint density at radius 1 is 1.10 bits per heavy atom. The molecule has 2 aromatic carbocycles. The highest BCUT2D eigenvalue weighted by Gasteiger charge is 2.16. The molecule has 0 bridgehead atoms. The van der Waals surface area contributed by atoms with Gasteiger partial charge in [0.1, 0.15) is 5.82 Å². The van der Waals surface area contributed by atoms with Crippen LogP contribution in [0.15, 0.2) is 59.8 Å². The zero-order valence-corrected chi connectivity index (χ0v) is 18.3. The highest BCUT2D eigenvalue weighted by atomic mass is 32.2. The van der Waals surface area contributed by atoms with Crippen LogP contribution < -0.4 is 5.32 Å². The summed E-state index contributed by atoms with van der Waals surface area (Å²) in [7, 11) is 1.66. The zero-order chi connectivity index (χ0) is 21.2. The number of amides is 1. The topological polar surface area (TPSA) is 69.0 Å². The number of aromatic nitrogens is 3. The lowest BCUT2D eigenvalue weighted by molar-refractivity contribution is -0.118. The van der Waals surface area contributed by atoms with Crippen molar-refractivity contribution in [2.45, 2.75) is 31.3 Å². The van der Waals surface area contributed by atoms with E-state index in [0.29, 0.717) is 18.9 Å². The van der Waals surface area contributed by atoms with E-state index in [1.54, 1.807) is 7.11 Å². The second kappa shape index (κ2) is 11.5. The van der Waals surface area contributed by atoms with Gasteiger partial charge in [0.05, 0.1) is 5.75 Å². The Labute approximate surface area is 182 Å². The van der Waals surface area contributed by atoms with E-state index in [1.807, 2.05) is 24.3 Å². The molecule has 0 aliphatic rings. The van der Waals surface area contributed by atoms with Gasteiger partial charge in [0.15, 0.2) is 5.16 Å². The number of thioether (sulfide) groups is 1. The molecule has 30 heavy (non-hydrogen) atoms. The first-order valence-electron chi connectivity index (χ1n) is 10.1. The number of aryl methyl sites for hydroxylation is 3. The number of nitrogens with zero attached hydrogens (tertiary/aromatic N) is 3. The fourth-order valence-corrected chi connectivity index (χ4v) is 3.91. The number of carbonyl (C=O) groups excluding carboxylic acids is 1. The molecule has 0 radical (unpaired) electrons. The Bertz CT molecular complexity index is 943. The smallest absolute Gasteiger partial charge is 0.230 e. The summed E-state index contributed by atoms with van der Waals surface area (Å²) in [5.41, 5.74) is 3.45. The number of methoxy groups -OCH3 is 1. The summed E-state index contributed by atoms with van der Waals surface area (Å²) < 4.78 is 7.08. The summed E-state index contributed by atoms with van der Waals surface area (Å²) in [6.07, 6.45) is 2.46. The first kappa shape index (κ1) is 22.1. The molecule has 0 unspecified atom stereocenters. The molecule has 3 rings (SSSR count). The first-order chi connectivity index (χ1) is 14.7. The summed E-state index contributed by atoms with van der Waals surface area (Å²) in [5, 5.41) is 12.5. The van der Waals surface area contributed by atoms with Crippen LogP contribution in [0.25, 0.3) is 5.69 Å². The number of carbonyl (C=O) groups is 1. The first-order valence-corrected chi connectivity index (χ1v) is 11.1. The van der Waals surface area contributed by atoms with Crippen LogP contribution in [-0.4, -0.2) is 46.7 Å². The monoisotopic (exact) mass is 424 g/mol. The largest absolute Gasteiger partial charge is 0.385 e. The van der Waals surface area contributed by atoms with Crippen molar-refractivity contribution in [1.29, 1.82) is 0 Å². The molecular formula is C23H28N4O2S. The molecule has 6 nitrogen and oxygen atoms in total. The van der Waals surface area contributed by atoms with Gasteiger partial charge in [-0.15, -0.1) is 10.2 Å². The van der Waals surface area contributed by atoms with Crippen LogP contribution in [0.5, 0.6) is 0 Å². The molecule has 0 saturated carbocycles. The predicted octanol–water partition coefficient (Wildman–Crippen LogP) is 3.61. The number of rotatable bonds is 11. The lowest BCUT2D eigenvalue weighted by atomic mass is 10.1. The second-order valence-electron chi connectivity index (χ2n) is 7.04. The van der Waals surface area contributed by atoms with E-state index in [9.17, 15) is 4.79 Å². The quantitative estimate of drug-likeness (QED) is 0.376. The van der Waals surface area contributed by atoms with Gasteiger partial charge in [-0.2, -0.15) is 0 Å². The minimum Gasteiger partial charge on any atom is -0.385 e. The molecule has 1 N–H and O–H groups in total. The van der Waals surface area contributed by atoms with E-state index < -0.39 is 0 Å². The molecule has 3 aromatic rings. The van der Waals surface area contributed by atoms with Crippen LogP contribution in [0.4, 0.5) is 0 Å². The Morgan fingerprint density at radius 2 is 1.93 bits per heavy atom. The third-order valence-electron chi connectivity index (χ3n) is 4.62. The minimum atomic E-state index is -0.0132. The molecule has 1 aromatic heterocycles. The zero-order valence-electron chi connectivity index (χ0n) is 17.5. The van der Waals surface area contributed by atoms with Gasteiger partial charge in [0, 0.05) is 32.4 Å². The Kier molecular flexibility index (Phi) is 8.47. The van der Waals surface area contributed by atoms with Crippen molar-refractivity contribution < 1.29 is 9.53 Å². The normalized spacial score (nSPS) is 10.9. The van der Waals surface area contributed by atoms with Crippen molar-refractivity contribution in [1.82, 2.24) is 20.1 Å². The Morgan fingerprint density at radius 3 is 2.70 bits per heavy atom. The fraction of sp³-hybridized carbons (Fsp3) is 0.348. The van der Waals surface area contributed by atoms with Crippen molar-refractivity contribution in [2.24, 2.45) is 0 Å². The van der Waals surface area contributed by atoms with Gasteiger partial charge in [-0.25, -0.2) is 0 Å². The van der Waals surface area contributed by atoms with Crippen LogP contribution in [0, 0.1) is 6.92 Å². The average molecular weight is 425 g/mol. The molecule has 0 aliphatic heterocycles. The van der Waals surface area contributed by atoms with Gasteiger partial charge in [-0.05, 0) is 43.0 Å². The predicted molar refractivity (Wildman–Crippen MR) is 120 cm³/mol. The van der Waals surface area contributed by atoms with Crippen molar-refractivity contribution in [3.8, 4) is 5.69 Å². The minimum absolute atomic E-state index is 0.0132. The molecule has 0 fully saturated rings. The third-order valence-corrected chi connectivity index (χ3v) is 5.55. The maximum absolute atomic E-state index is 12.2. The number of nitrogens with one attached hydrogen (secondary N) is 1. The fourth-order valence-electron chi connectivity index (χ4n) is 3.11. The lowest BCUT2D eigenvalue weighted by Crippen LogP contribution is -2.27. The number of benzene rings is 2. The molecule has 0 atom stereocenters. The van der Waals surface area contributed by atoms with Crippen molar-refractivity contribution in [3.63, 3.8) is 0 Å². The molecule has 0 spiro atoms. The van der Waals surface area contributed by atoms with Crippen LogP contribution >= 0.6 is 11.8 Å². The number of hydrogen-bond donors (Lipinski definition) is 1. The van der Waals surface area contributed by atoms with E-state index in [4.69, 9.17) is 4.74 Å². The van der Waals surface area contributed by atoms with Crippen molar-refractivity contribution >= 4 is 17.7 Å². The standard InChI is InChI=1S/C23H28N4O2S/c1-18-8-6-11-20(16-18)27-21(13-12-19-9-4-3-5-10-19)25-26-23(27)30-17-22(28)24-14-7-15-29-2/h3-6,8-11,16H,7,12-15,17H2,1-2H3,(H,24,28). The highest BCUT2D eigenvalue weighted by molar-refractivity contribution is 7.99. The number of ether oxygens (including phenoxy) is 1. The van der Waals surface area contributed by atoms with E-state index in [1.165, 1.54) is 22.9 Å². The Hall–Kier alpha value is -2.64. The van der Waals surface area contributed by atoms with Crippen LogP contribution in [0.2, 0.25) is 0 Å². The average Bonchev–Trinajstić information content (AvgIpc) is 3.17. The molecule has 1 amide bonds. The van der Waals surface area contributed by atoms with Gasteiger partial charge >= 0.3 is 0 Å². The lowest BCUT2D eigenvalue weighted by Gasteiger charge is -2.11. The van der Waals surface area contributed by atoms with Crippen molar-refractivity contribution in [3.05, 3.63) is 71.5 Å². The molecule has 158 valence electrons. The summed E-state index contributed by atoms with van der Waals surface area (Å²) >= 11 is 1.41.